The summed E-state index contributed by atoms with van der Waals surface area (Å²) in [6.45, 7) is 1.05. The van der Waals surface area contributed by atoms with Crippen LogP contribution in [0.2, 0.25) is 0 Å². The minimum absolute atomic E-state index is 0.0379. The molecule has 0 aromatic carbocycles. The highest BCUT2D eigenvalue weighted by atomic mass is 32.2. The van der Waals surface area contributed by atoms with Gasteiger partial charge in [-0.3, -0.25) is 9.59 Å². The number of methoxy groups -OCH3 is 1. The van der Waals surface area contributed by atoms with E-state index in [9.17, 15) is 18.0 Å². The van der Waals surface area contributed by atoms with Gasteiger partial charge in [0.2, 0.25) is 5.91 Å². The summed E-state index contributed by atoms with van der Waals surface area (Å²) in [6.07, 6.45) is 0.763. The zero-order chi connectivity index (χ0) is 14.5. The van der Waals surface area contributed by atoms with Crippen molar-refractivity contribution in [3.8, 4) is 0 Å². The molecule has 19 heavy (non-hydrogen) atoms. The SMILES string of the molecule is COC(=O)CC1CN(C(=O)CCS(C)(=O)=O)CCO1. The molecule has 0 bridgehead atoms. The summed E-state index contributed by atoms with van der Waals surface area (Å²) in [4.78, 5) is 24.5. The average Bonchev–Trinajstić information content (AvgIpc) is 2.35. The Morgan fingerprint density at radius 2 is 2.11 bits per heavy atom. The van der Waals surface area contributed by atoms with Crippen LogP contribution in [0.25, 0.3) is 0 Å². The van der Waals surface area contributed by atoms with Gasteiger partial charge in [0, 0.05) is 25.8 Å². The van der Waals surface area contributed by atoms with Gasteiger partial charge >= 0.3 is 5.97 Å². The van der Waals surface area contributed by atoms with Crippen LogP contribution in [0.15, 0.2) is 0 Å². The fourth-order valence-electron chi connectivity index (χ4n) is 1.77. The second kappa shape index (κ2) is 6.85. The zero-order valence-corrected chi connectivity index (χ0v) is 11.9. The molecule has 1 atom stereocenters. The lowest BCUT2D eigenvalue weighted by atomic mass is 10.2. The fraction of sp³-hybridized carbons (Fsp3) is 0.818. The predicted molar refractivity (Wildman–Crippen MR) is 67.3 cm³/mol. The fourth-order valence-corrected chi connectivity index (χ4v) is 2.31. The maximum atomic E-state index is 11.8. The molecule has 1 fully saturated rings. The third kappa shape index (κ3) is 6.02. The lowest BCUT2D eigenvalue weighted by molar-refractivity contribution is -0.149. The van der Waals surface area contributed by atoms with E-state index in [4.69, 9.17) is 4.74 Å². The minimum Gasteiger partial charge on any atom is -0.469 e. The Kier molecular flexibility index (Phi) is 5.74. The number of esters is 1. The summed E-state index contributed by atoms with van der Waals surface area (Å²) in [5.74, 6) is -0.788. The van der Waals surface area contributed by atoms with Crippen LogP contribution in [0, 0.1) is 0 Å². The molecular weight excluding hydrogens is 274 g/mol. The number of nitrogens with zero attached hydrogens (tertiary/aromatic N) is 1. The average molecular weight is 293 g/mol. The second-order valence-corrected chi connectivity index (χ2v) is 6.75. The molecule has 0 saturated carbocycles. The van der Waals surface area contributed by atoms with E-state index in [1.807, 2.05) is 0 Å². The summed E-state index contributed by atoms with van der Waals surface area (Å²) in [7, 11) is -1.86. The lowest BCUT2D eigenvalue weighted by Crippen LogP contribution is -2.46. The van der Waals surface area contributed by atoms with Crippen molar-refractivity contribution in [1.29, 1.82) is 0 Å². The van der Waals surface area contributed by atoms with Crippen LogP contribution in [-0.4, -0.2) is 70.1 Å². The highest BCUT2D eigenvalue weighted by Crippen LogP contribution is 2.11. The number of ether oxygens (including phenoxy) is 2. The van der Waals surface area contributed by atoms with Gasteiger partial charge in [0.05, 0.1) is 32.0 Å². The molecule has 7 nitrogen and oxygen atoms in total. The Balaban J connectivity index is 2.45. The highest BCUT2D eigenvalue weighted by Gasteiger charge is 2.26. The molecule has 110 valence electrons. The number of morpholine rings is 1. The molecule has 1 rings (SSSR count). The van der Waals surface area contributed by atoms with E-state index in [2.05, 4.69) is 4.74 Å². The van der Waals surface area contributed by atoms with Crippen LogP contribution in [0.5, 0.6) is 0 Å². The molecule has 1 saturated heterocycles. The van der Waals surface area contributed by atoms with E-state index in [1.54, 1.807) is 0 Å². The molecule has 1 heterocycles. The first-order valence-electron chi connectivity index (χ1n) is 5.95. The summed E-state index contributed by atoms with van der Waals surface area (Å²) >= 11 is 0. The maximum absolute atomic E-state index is 11.8. The molecule has 0 spiro atoms. The zero-order valence-electron chi connectivity index (χ0n) is 11.1. The molecule has 1 aliphatic heterocycles. The van der Waals surface area contributed by atoms with E-state index in [0.717, 1.165) is 6.26 Å². The Hall–Kier alpha value is -1.15. The van der Waals surface area contributed by atoms with Crippen molar-refractivity contribution in [1.82, 2.24) is 4.90 Å². The number of hydrogen-bond acceptors (Lipinski definition) is 6. The molecule has 0 aromatic rings. The summed E-state index contributed by atoms with van der Waals surface area (Å²) in [6, 6.07) is 0. The van der Waals surface area contributed by atoms with Crippen LogP contribution in [-0.2, 0) is 28.9 Å². The van der Waals surface area contributed by atoms with Gasteiger partial charge in [-0.25, -0.2) is 8.42 Å². The van der Waals surface area contributed by atoms with Crippen molar-refractivity contribution in [3.63, 3.8) is 0 Å². The van der Waals surface area contributed by atoms with Crippen molar-refractivity contribution in [2.45, 2.75) is 18.9 Å². The topological polar surface area (TPSA) is 90.0 Å². The van der Waals surface area contributed by atoms with Gasteiger partial charge in [0.25, 0.3) is 0 Å². The van der Waals surface area contributed by atoms with Crippen LogP contribution in [0.1, 0.15) is 12.8 Å². The highest BCUT2D eigenvalue weighted by molar-refractivity contribution is 7.90. The molecule has 1 amide bonds. The first-order valence-corrected chi connectivity index (χ1v) is 8.02. The molecule has 8 heteroatoms. The minimum atomic E-state index is -3.15. The summed E-state index contributed by atoms with van der Waals surface area (Å²) in [5, 5.41) is 0. The molecule has 0 N–H and O–H groups in total. The Morgan fingerprint density at radius 1 is 1.42 bits per heavy atom. The smallest absolute Gasteiger partial charge is 0.308 e. The number of sulfone groups is 1. The van der Waals surface area contributed by atoms with Crippen molar-refractivity contribution < 1.29 is 27.5 Å². The van der Waals surface area contributed by atoms with Crippen LogP contribution >= 0.6 is 0 Å². The molecule has 0 aliphatic carbocycles. The van der Waals surface area contributed by atoms with Gasteiger partial charge in [-0.05, 0) is 0 Å². The van der Waals surface area contributed by atoms with E-state index < -0.39 is 15.8 Å². The first kappa shape index (κ1) is 15.9. The maximum Gasteiger partial charge on any atom is 0.308 e. The molecule has 1 aliphatic rings. The van der Waals surface area contributed by atoms with Crippen LogP contribution in [0.4, 0.5) is 0 Å². The lowest BCUT2D eigenvalue weighted by Gasteiger charge is -2.32. The van der Waals surface area contributed by atoms with Crippen molar-refractivity contribution >= 4 is 21.7 Å². The van der Waals surface area contributed by atoms with Gasteiger partial charge < -0.3 is 14.4 Å². The second-order valence-electron chi connectivity index (χ2n) is 4.49. The normalized spacial score (nSPS) is 20.1. The molecule has 0 aromatic heterocycles. The number of hydrogen-bond donors (Lipinski definition) is 0. The molecule has 0 radical (unpaired) electrons. The Bertz CT molecular complexity index is 432. The van der Waals surface area contributed by atoms with Crippen LogP contribution < -0.4 is 0 Å². The standard InChI is InChI=1S/C11H19NO6S/c1-17-11(14)7-9-8-12(4-5-18-9)10(13)3-6-19(2,15)16/h9H,3-8H2,1-2H3. The number of carbonyl (C=O) groups excluding carboxylic acids is 2. The quantitative estimate of drug-likeness (QED) is 0.617. The van der Waals surface area contributed by atoms with E-state index in [1.165, 1.54) is 12.0 Å². The molecule has 1 unspecified atom stereocenters. The summed E-state index contributed by atoms with van der Waals surface area (Å²) in [5.41, 5.74) is 0. The third-order valence-electron chi connectivity index (χ3n) is 2.80. The Morgan fingerprint density at radius 3 is 2.68 bits per heavy atom. The van der Waals surface area contributed by atoms with Crippen molar-refractivity contribution in [2.24, 2.45) is 0 Å². The van der Waals surface area contributed by atoms with Gasteiger partial charge in [-0.2, -0.15) is 0 Å². The Labute approximate surface area is 112 Å². The number of amides is 1. The van der Waals surface area contributed by atoms with Gasteiger partial charge in [0.15, 0.2) is 0 Å². The van der Waals surface area contributed by atoms with E-state index >= 15 is 0 Å². The number of rotatable bonds is 5. The third-order valence-corrected chi connectivity index (χ3v) is 3.75. The summed E-state index contributed by atoms with van der Waals surface area (Å²) < 4.78 is 31.9. The van der Waals surface area contributed by atoms with E-state index in [0.29, 0.717) is 13.2 Å². The van der Waals surface area contributed by atoms with Gasteiger partial charge in [0.1, 0.15) is 9.84 Å². The molecular formula is C11H19NO6S. The van der Waals surface area contributed by atoms with E-state index in [-0.39, 0.29) is 37.2 Å². The van der Waals surface area contributed by atoms with Crippen molar-refractivity contribution in [3.05, 3.63) is 0 Å². The van der Waals surface area contributed by atoms with Gasteiger partial charge in [-0.1, -0.05) is 0 Å². The van der Waals surface area contributed by atoms with Crippen LogP contribution in [0.3, 0.4) is 0 Å². The first-order chi connectivity index (χ1) is 8.81. The van der Waals surface area contributed by atoms with Gasteiger partial charge in [-0.15, -0.1) is 0 Å². The number of carbonyl (C=O) groups is 2. The predicted octanol–water partition coefficient (Wildman–Crippen LogP) is -0.788. The largest absolute Gasteiger partial charge is 0.469 e. The van der Waals surface area contributed by atoms with Crippen molar-refractivity contribution in [2.75, 3.05) is 38.8 Å². The monoisotopic (exact) mass is 293 g/mol.